The summed E-state index contributed by atoms with van der Waals surface area (Å²) >= 11 is 5.94. The maximum absolute atomic E-state index is 5.94. The molecule has 1 aromatic heterocycles. The third-order valence-corrected chi connectivity index (χ3v) is 2.66. The summed E-state index contributed by atoms with van der Waals surface area (Å²) in [6, 6.07) is 7.73. The summed E-state index contributed by atoms with van der Waals surface area (Å²) in [6.45, 7) is 2.08. The molecule has 0 amide bonds. The molecule has 5 heteroatoms. The lowest BCUT2D eigenvalue weighted by Gasteiger charge is -2.07. The molecule has 0 aliphatic rings. The Morgan fingerprint density at radius 1 is 1.35 bits per heavy atom. The minimum atomic E-state index is 0.211. The number of hydrogen-bond donors (Lipinski definition) is 1. The van der Waals surface area contributed by atoms with Gasteiger partial charge >= 0.3 is 0 Å². The van der Waals surface area contributed by atoms with E-state index in [2.05, 4.69) is 16.9 Å². The molecule has 2 aromatic rings. The number of ether oxygens (including phenoxy) is 1. The Morgan fingerprint density at radius 2 is 2.18 bits per heavy atom. The van der Waals surface area contributed by atoms with Gasteiger partial charge in [-0.05, 0) is 24.1 Å². The molecule has 0 fully saturated rings. The van der Waals surface area contributed by atoms with Crippen molar-refractivity contribution in [3.63, 3.8) is 0 Å². The van der Waals surface area contributed by atoms with Crippen molar-refractivity contribution in [2.75, 3.05) is 5.73 Å². The maximum Gasteiger partial charge on any atom is 0.243 e. The zero-order chi connectivity index (χ0) is 12.3. The van der Waals surface area contributed by atoms with E-state index in [0.717, 1.165) is 6.42 Å². The van der Waals surface area contributed by atoms with Crippen LogP contribution in [0.5, 0.6) is 11.6 Å². The van der Waals surface area contributed by atoms with Crippen LogP contribution in [-0.2, 0) is 6.42 Å². The number of nitrogens with two attached hydrogens (primary N) is 1. The Kier molecular flexibility index (Phi) is 3.44. The molecule has 0 saturated carbocycles. The average molecular weight is 250 g/mol. The van der Waals surface area contributed by atoms with Crippen molar-refractivity contribution < 1.29 is 4.74 Å². The Balaban J connectivity index is 2.28. The number of anilines is 1. The van der Waals surface area contributed by atoms with Crippen molar-refractivity contribution in [3.05, 3.63) is 41.2 Å². The molecule has 1 aromatic carbocycles. The van der Waals surface area contributed by atoms with Gasteiger partial charge in [-0.25, -0.2) is 4.98 Å². The molecule has 0 saturated heterocycles. The van der Waals surface area contributed by atoms with Crippen molar-refractivity contribution >= 4 is 17.4 Å². The highest BCUT2D eigenvalue weighted by Gasteiger charge is 2.08. The van der Waals surface area contributed by atoms with Crippen LogP contribution in [0.2, 0.25) is 5.02 Å². The van der Waals surface area contributed by atoms with Crippen LogP contribution in [0.25, 0.3) is 0 Å². The molecule has 88 valence electrons. The van der Waals surface area contributed by atoms with E-state index in [0.29, 0.717) is 5.75 Å². The third-order valence-electron chi connectivity index (χ3n) is 2.31. The maximum atomic E-state index is 5.94. The van der Waals surface area contributed by atoms with Gasteiger partial charge in [0.2, 0.25) is 5.88 Å². The molecule has 2 N–H and O–H groups in total. The molecule has 4 nitrogen and oxygen atoms in total. The number of aryl methyl sites for hydroxylation is 1. The lowest BCUT2D eigenvalue weighted by atomic mass is 10.2. The minimum absolute atomic E-state index is 0.211. The van der Waals surface area contributed by atoms with E-state index < -0.39 is 0 Å². The predicted molar refractivity (Wildman–Crippen MR) is 67.3 cm³/mol. The quantitative estimate of drug-likeness (QED) is 0.908. The number of nitrogens with zero attached hydrogens (tertiary/aromatic N) is 2. The normalized spacial score (nSPS) is 10.2. The van der Waals surface area contributed by atoms with Gasteiger partial charge in [0.15, 0.2) is 0 Å². The van der Waals surface area contributed by atoms with Gasteiger partial charge in [-0.2, -0.15) is 4.98 Å². The lowest BCUT2D eigenvalue weighted by molar-refractivity contribution is 0.461. The topological polar surface area (TPSA) is 61.0 Å². The van der Waals surface area contributed by atoms with E-state index in [-0.39, 0.29) is 16.7 Å². The zero-order valence-electron chi connectivity index (χ0n) is 9.35. The van der Waals surface area contributed by atoms with Crippen LogP contribution in [0.1, 0.15) is 12.5 Å². The number of halogens is 1. The third kappa shape index (κ3) is 2.65. The van der Waals surface area contributed by atoms with Crippen molar-refractivity contribution in [3.8, 4) is 11.6 Å². The van der Waals surface area contributed by atoms with Gasteiger partial charge in [0.25, 0.3) is 0 Å². The van der Waals surface area contributed by atoms with Crippen LogP contribution < -0.4 is 10.5 Å². The van der Waals surface area contributed by atoms with E-state index in [1.165, 1.54) is 11.9 Å². The Hall–Kier alpha value is -1.81. The summed E-state index contributed by atoms with van der Waals surface area (Å²) in [5.41, 5.74) is 6.75. The molecular weight excluding hydrogens is 238 g/mol. The molecule has 0 radical (unpaired) electrons. The zero-order valence-corrected chi connectivity index (χ0v) is 10.1. The standard InChI is InChI=1S/C12H12ClN3O/c1-2-8-4-3-5-9(6-8)17-12-10(13)11(14)15-7-16-12/h3-7H,2H2,1H3,(H2,14,15,16). The first-order valence-electron chi connectivity index (χ1n) is 5.23. The number of aromatic nitrogens is 2. The van der Waals surface area contributed by atoms with Crippen molar-refractivity contribution in [1.29, 1.82) is 0 Å². The Labute approximate surface area is 104 Å². The van der Waals surface area contributed by atoms with Crippen LogP contribution in [0.4, 0.5) is 5.82 Å². The second-order valence-electron chi connectivity index (χ2n) is 3.48. The second-order valence-corrected chi connectivity index (χ2v) is 3.86. The first-order chi connectivity index (χ1) is 8.20. The van der Waals surface area contributed by atoms with Crippen LogP contribution in [0, 0.1) is 0 Å². The minimum Gasteiger partial charge on any atom is -0.437 e. The second kappa shape index (κ2) is 5.01. The molecule has 0 aliphatic carbocycles. The fourth-order valence-electron chi connectivity index (χ4n) is 1.38. The van der Waals surface area contributed by atoms with E-state index in [4.69, 9.17) is 22.1 Å². The molecule has 0 aliphatic heterocycles. The summed E-state index contributed by atoms with van der Waals surface area (Å²) < 4.78 is 5.57. The summed E-state index contributed by atoms with van der Waals surface area (Å²) in [5.74, 6) is 1.17. The molecule has 0 spiro atoms. The van der Waals surface area contributed by atoms with E-state index in [1.54, 1.807) is 0 Å². The van der Waals surface area contributed by atoms with Crippen LogP contribution in [0.3, 0.4) is 0 Å². The highest BCUT2D eigenvalue weighted by Crippen LogP contribution is 2.30. The molecule has 17 heavy (non-hydrogen) atoms. The van der Waals surface area contributed by atoms with E-state index in [1.807, 2.05) is 24.3 Å². The van der Waals surface area contributed by atoms with Gasteiger partial charge in [0.1, 0.15) is 22.9 Å². The van der Waals surface area contributed by atoms with E-state index in [9.17, 15) is 0 Å². The molecule has 1 heterocycles. The number of benzene rings is 1. The fourth-order valence-corrected chi connectivity index (χ4v) is 1.51. The first-order valence-corrected chi connectivity index (χ1v) is 5.61. The molecule has 0 bridgehead atoms. The number of rotatable bonds is 3. The highest BCUT2D eigenvalue weighted by molar-refractivity contribution is 6.34. The van der Waals surface area contributed by atoms with Gasteiger partial charge in [-0.1, -0.05) is 30.7 Å². The predicted octanol–water partition coefficient (Wildman–Crippen LogP) is 3.07. The van der Waals surface area contributed by atoms with Gasteiger partial charge in [-0.3, -0.25) is 0 Å². The summed E-state index contributed by atoms with van der Waals surface area (Å²) in [7, 11) is 0. The smallest absolute Gasteiger partial charge is 0.243 e. The van der Waals surface area contributed by atoms with Crippen molar-refractivity contribution in [2.24, 2.45) is 0 Å². The molecule has 0 unspecified atom stereocenters. The summed E-state index contributed by atoms with van der Waals surface area (Å²) in [6.07, 6.45) is 2.26. The summed E-state index contributed by atoms with van der Waals surface area (Å²) in [5, 5.41) is 0.231. The van der Waals surface area contributed by atoms with Gasteiger partial charge in [-0.15, -0.1) is 0 Å². The molecule has 0 atom stereocenters. The first kappa shape index (κ1) is 11.7. The average Bonchev–Trinajstić information content (AvgIpc) is 2.35. The number of hydrogen-bond acceptors (Lipinski definition) is 4. The van der Waals surface area contributed by atoms with E-state index >= 15 is 0 Å². The van der Waals surface area contributed by atoms with Crippen molar-refractivity contribution in [2.45, 2.75) is 13.3 Å². The van der Waals surface area contributed by atoms with Crippen LogP contribution in [0.15, 0.2) is 30.6 Å². The molecule has 2 rings (SSSR count). The number of nitrogen functional groups attached to an aromatic ring is 1. The summed E-state index contributed by atoms with van der Waals surface area (Å²) in [4.78, 5) is 7.71. The van der Waals surface area contributed by atoms with Crippen molar-refractivity contribution in [1.82, 2.24) is 9.97 Å². The van der Waals surface area contributed by atoms with Gasteiger partial charge < -0.3 is 10.5 Å². The van der Waals surface area contributed by atoms with Gasteiger partial charge in [0.05, 0.1) is 0 Å². The van der Waals surface area contributed by atoms with Crippen LogP contribution in [-0.4, -0.2) is 9.97 Å². The highest BCUT2D eigenvalue weighted by atomic mass is 35.5. The monoisotopic (exact) mass is 249 g/mol. The largest absolute Gasteiger partial charge is 0.437 e. The van der Waals surface area contributed by atoms with Gasteiger partial charge in [0, 0.05) is 0 Å². The SMILES string of the molecule is CCc1cccc(Oc2ncnc(N)c2Cl)c1. The lowest BCUT2D eigenvalue weighted by Crippen LogP contribution is -1.96. The Morgan fingerprint density at radius 3 is 2.94 bits per heavy atom. The fraction of sp³-hybridized carbons (Fsp3) is 0.167. The molecular formula is C12H12ClN3O. The Bertz CT molecular complexity index is 531. The van der Waals surface area contributed by atoms with Crippen LogP contribution >= 0.6 is 11.6 Å².